The lowest BCUT2D eigenvalue weighted by atomic mass is 10.00. The minimum atomic E-state index is 0.150. The monoisotopic (exact) mass is 333 g/mol. The van der Waals surface area contributed by atoms with E-state index >= 15 is 0 Å². The number of hydrogen-bond donors (Lipinski definition) is 0. The third-order valence-corrected chi connectivity index (χ3v) is 5.17. The average molecular weight is 333 g/mol. The molecule has 0 amide bonds. The van der Waals surface area contributed by atoms with Crippen molar-refractivity contribution in [2.45, 2.75) is 26.7 Å². The summed E-state index contributed by atoms with van der Waals surface area (Å²) in [5, 5.41) is 0.806. The molecule has 0 saturated carbocycles. The molecule has 1 aliphatic carbocycles. The van der Waals surface area contributed by atoms with E-state index in [1.54, 1.807) is 7.11 Å². The minimum absolute atomic E-state index is 0.150. The Morgan fingerprint density at radius 3 is 2.68 bits per heavy atom. The van der Waals surface area contributed by atoms with E-state index in [0.29, 0.717) is 12.3 Å². The van der Waals surface area contributed by atoms with Crippen LogP contribution in [-0.2, 0) is 19.9 Å². The highest BCUT2D eigenvalue weighted by atomic mass is 16.5. The number of nitrogens with zero attached hydrogens (tertiary/aromatic N) is 1. The number of rotatable bonds is 3. The molecule has 0 bridgehead atoms. The van der Waals surface area contributed by atoms with Crippen molar-refractivity contribution >= 4 is 10.9 Å². The van der Waals surface area contributed by atoms with Gasteiger partial charge in [0.2, 0.25) is 0 Å². The Morgan fingerprint density at radius 2 is 1.96 bits per heavy atom. The summed E-state index contributed by atoms with van der Waals surface area (Å²) in [5.74, 6) is 1.45. The van der Waals surface area contributed by atoms with Crippen molar-refractivity contribution in [3.05, 3.63) is 63.3 Å². The van der Waals surface area contributed by atoms with Gasteiger partial charge >= 0.3 is 0 Å². The van der Waals surface area contributed by atoms with E-state index in [1.165, 1.54) is 5.56 Å². The van der Waals surface area contributed by atoms with Gasteiger partial charge in [0, 0.05) is 35.5 Å². The van der Waals surface area contributed by atoms with Gasteiger partial charge in [0.1, 0.15) is 5.75 Å². The van der Waals surface area contributed by atoms with Crippen LogP contribution in [0.4, 0.5) is 0 Å². The van der Waals surface area contributed by atoms with Gasteiger partial charge in [-0.25, -0.2) is 0 Å². The Labute approximate surface area is 147 Å². The van der Waals surface area contributed by atoms with Crippen molar-refractivity contribution in [2.24, 2.45) is 13.0 Å². The molecule has 0 unspecified atom stereocenters. The molecule has 2 aromatic carbocycles. The highest BCUT2D eigenvalue weighted by Crippen LogP contribution is 2.40. The molecule has 1 aromatic heterocycles. The fourth-order valence-electron chi connectivity index (χ4n) is 4.08. The number of methoxy groups -OCH3 is 1. The topological polar surface area (TPSA) is 31.2 Å². The van der Waals surface area contributed by atoms with Crippen LogP contribution in [0.3, 0.4) is 0 Å². The van der Waals surface area contributed by atoms with Crippen LogP contribution in [-0.4, -0.2) is 11.7 Å². The largest absolute Gasteiger partial charge is 0.496 e. The quantitative estimate of drug-likeness (QED) is 0.559. The van der Waals surface area contributed by atoms with Gasteiger partial charge in [-0.2, -0.15) is 0 Å². The SMILES string of the molecule is COc1cccc2c1Cc1c-2n(C)c2cc(CC(C)C)ccc2c1=O. The highest BCUT2D eigenvalue weighted by molar-refractivity contribution is 5.88. The molecule has 3 nitrogen and oxygen atoms in total. The van der Waals surface area contributed by atoms with Crippen molar-refractivity contribution in [1.29, 1.82) is 0 Å². The van der Waals surface area contributed by atoms with Gasteiger partial charge in [-0.15, -0.1) is 0 Å². The Morgan fingerprint density at radius 1 is 1.16 bits per heavy atom. The van der Waals surface area contributed by atoms with E-state index in [9.17, 15) is 4.79 Å². The van der Waals surface area contributed by atoms with Crippen molar-refractivity contribution in [3.8, 4) is 17.0 Å². The second kappa shape index (κ2) is 5.76. The summed E-state index contributed by atoms with van der Waals surface area (Å²) < 4.78 is 7.70. The zero-order valence-electron chi connectivity index (χ0n) is 15.2. The summed E-state index contributed by atoms with van der Waals surface area (Å²) in [6.45, 7) is 4.43. The molecular formula is C22H23NO2. The molecule has 0 spiro atoms. The fraction of sp³-hybridized carbons (Fsp3) is 0.318. The van der Waals surface area contributed by atoms with E-state index in [-0.39, 0.29) is 5.43 Å². The van der Waals surface area contributed by atoms with Crippen molar-refractivity contribution in [1.82, 2.24) is 4.57 Å². The first-order valence-corrected chi connectivity index (χ1v) is 8.82. The molecule has 0 saturated heterocycles. The molecular weight excluding hydrogens is 310 g/mol. The molecule has 128 valence electrons. The van der Waals surface area contributed by atoms with Crippen molar-refractivity contribution in [3.63, 3.8) is 0 Å². The van der Waals surface area contributed by atoms with Crippen LogP contribution in [0.15, 0.2) is 41.2 Å². The van der Waals surface area contributed by atoms with Crippen LogP contribution in [0, 0.1) is 5.92 Å². The van der Waals surface area contributed by atoms with E-state index in [0.717, 1.165) is 45.5 Å². The second-order valence-corrected chi connectivity index (χ2v) is 7.33. The predicted octanol–water partition coefficient (Wildman–Crippen LogP) is 4.32. The standard InChI is InChI=1S/C22H23NO2/c1-13(2)10-14-8-9-16-19(11-14)23(3)21-15-6-5-7-20(25-4)17(15)12-18(21)22(16)24/h5-9,11,13H,10,12H2,1-4H3. The third-order valence-electron chi connectivity index (χ3n) is 5.17. The second-order valence-electron chi connectivity index (χ2n) is 7.33. The Bertz CT molecular complexity index is 1040. The van der Waals surface area contributed by atoms with Gasteiger partial charge in [-0.3, -0.25) is 4.79 Å². The predicted molar refractivity (Wildman–Crippen MR) is 103 cm³/mol. The Hall–Kier alpha value is -2.55. The van der Waals surface area contributed by atoms with Crippen LogP contribution in [0.1, 0.15) is 30.5 Å². The summed E-state index contributed by atoms with van der Waals surface area (Å²) in [6.07, 6.45) is 1.66. The highest BCUT2D eigenvalue weighted by Gasteiger charge is 2.27. The average Bonchev–Trinajstić information content (AvgIpc) is 2.99. The number of hydrogen-bond acceptors (Lipinski definition) is 2. The fourth-order valence-corrected chi connectivity index (χ4v) is 4.08. The molecule has 0 atom stereocenters. The molecule has 0 radical (unpaired) electrons. The van der Waals surface area contributed by atoms with Crippen LogP contribution < -0.4 is 10.2 Å². The Balaban J connectivity index is 2.01. The van der Waals surface area contributed by atoms with Gasteiger partial charge in [0.25, 0.3) is 0 Å². The lowest BCUT2D eigenvalue weighted by Gasteiger charge is -2.15. The van der Waals surface area contributed by atoms with Gasteiger partial charge in [-0.05, 0) is 36.1 Å². The van der Waals surface area contributed by atoms with Gasteiger partial charge in [0.15, 0.2) is 5.43 Å². The molecule has 3 heteroatoms. The van der Waals surface area contributed by atoms with Crippen LogP contribution in [0.5, 0.6) is 5.75 Å². The van der Waals surface area contributed by atoms with Crippen LogP contribution in [0.25, 0.3) is 22.2 Å². The molecule has 1 aliphatic rings. The smallest absolute Gasteiger partial charge is 0.193 e. The molecule has 25 heavy (non-hydrogen) atoms. The maximum Gasteiger partial charge on any atom is 0.193 e. The van der Waals surface area contributed by atoms with Gasteiger partial charge in [-0.1, -0.05) is 32.0 Å². The molecule has 3 aromatic rings. The summed E-state index contributed by atoms with van der Waals surface area (Å²) >= 11 is 0. The number of aromatic nitrogens is 1. The van der Waals surface area contributed by atoms with Crippen molar-refractivity contribution < 1.29 is 4.74 Å². The Kier molecular flexibility index (Phi) is 3.68. The van der Waals surface area contributed by atoms with Gasteiger partial charge in [0.05, 0.1) is 18.3 Å². The zero-order chi connectivity index (χ0) is 17.7. The lowest BCUT2D eigenvalue weighted by Crippen LogP contribution is -2.14. The lowest BCUT2D eigenvalue weighted by molar-refractivity contribution is 0.411. The molecule has 0 N–H and O–H groups in total. The van der Waals surface area contributed by atoms with E-state index in [4.69, 9.17) is 4.74 Å². The summed E-state index contributed by atoms with van der Waals surface area (Å²) in [6, 6.07) is 12.3. The normalized spacial score (nSPS) is 12.5. The summed E-state index contributed by atoms with van der Waals surface area (Å²) in [7, 11) is 3.75. The first-order chi connectivity index (χ1) is 12.0. The number of aryl methyl sites for hydroxylation is 1. The maximum absolute atomic E-state index is 13.1. The van der Waals surface area contributed by atoms with E-state index in [2.05, 4.69) is 43.7 Å². The number of ether oxygens (including phenoxy) is 1. The third kappa shape index (κ3) is 2.38. The number of fused-ring (bicyclic) bond motifs is 4. The maximum atomic E-state index is 13.1. The van der Waals surface area contributed by atoms with Crippen LogP contribution >= 0.6 is 0 Å². The molecule has 4 rings (SSSR count). The van der Waals surface area contributed by atoms with E-state index < -0.39 is 0 Å². The summed E-state index contributed by atoms with van der Waals surface area (Å²) in [4.78, 5) is 13.1. The zero-order valence-corrected chi connectivity index (χ0v) is 15.2. The molecule has 1 heterocycles. The van der Waals surface area contributed by atoms with Crippen LogP contribution in [0.2, 0.25) is 0 Å². The van der Waals surface area contributed by atoms with Crippen molar-refractivity contribution in [2.75, 3.05) is 7.11 Å². The molecule has 0 fully saturated rings. The number of benzene rings is 2. The number of pyridine rings is 1. The molecule has 0 aliphatic heterocycles. The minimum Gasteiger partial charge on any atom is -0.496 e. The summed E-state index contributed by atoms with van der Waals surface area (Å²) in [5.41, 5.74) is 6.59. The first-order valence-electron chi connectivity index (χ1n) is 8.82. The van der Waals surface area contributed by atoms with E-state index in [1.807, 2.05) is 18.2 Å². The first kappa shape index (κ1) is 15.9. The van der Waals surface area contributed by atoms with Gasteiger partial charge < -0.3 is 9.30 Å².